The second kappa shape index (κ2) is 12.1. The second-order valence-corrected chi connectivity index (χ2v) is 7.64. The zero-order valence-corrected chi connectivity index (χ0v) is 16.3. The van der Waals surface area contributed by atoms with Crippen molar-refractivity contribution in [2.75, 3.05) is 0 Å². The van der Waals surface area contributed by atoms with Crippen LogP contribution in [0.4, 0.5) is 0 Å². The maximum Gasteiger partial charge on any atom is 2.00 e. The maximum atomic E-state index is 2.36. The van der Waals surface area contributed by atoms with Gasteiger partial charge in [-0.2, -0.15) is 0 Å². The number of rotatable bonds is 1. The van der Waals surface area contributed by atoms with E-state index in [1.54, 1.807) is 0 Å². The first-order valence-corrected chi connectivity index (χ1v) is 7.91. The second-order valence-electron chi connectivity index (χ2n) is 7.64. The van der Waals surface area contributed by atoms with E-state index in [1.165, 1.54) is 51.4 Å². The van der Waals surface area contributed by atoms with Crippen molar-refractivity contribution in [2.24, 2.45) is 23.2 Å². The average molecular weight is 324 g/mol. The molecule has 2 saturated carbocycles. The molecule has 124 valence electrons. The molecule has 2 aliphatic rings. The van der Waals surface area contributed by atoms with Gasteiger partial charge in [0, 0.05) is 0 Å². The van der Waals surface area contributed by atoms with Crippen LogP contribution in [0.3, 0.4) is 0 Å². The molecule has 0 spiro atoms. The smallest absolute Gasteiger partial charge is 0.358 e. The van der Waals surface area contributed by atoms with Crippen molar-refractivity contribution < 1.29 is 17.1 Å². The fraction of sp³-hybridized carbons (Fsp3) is 0.895. The molecular weight excluding hydrogens is 284 g/mol. The number of hydrogen-bond acceptors (Lipinski definition) is 0. The third-order valence-electron chi connectivity index (χ3n) is 4.92. The summed E-state index contributed by atoms with van der Waals surface area (Å²) in [5, 5.41) is 0. The van der Waals surface area contributed by atoms with Crippen molar-refractivity contribution in [3.05, 3.63) is 14.9 Å². The first kappa shape index (κ1) is 25.5. The van der Waals surface area contributed by atoms with E-state index in [0.717, 1.165) is 17.8 Å². The molecule has 0 atom stereocenters. The SMILES string of the molecule is CC(C)(C)C1CCCC1.CC(C)C1CCCC1.[CH3-].[CH3-].[Fe+2]. The Bertz CT molecular complexity index is 190. The van der Waals surface area contributed by atoms with Gasteiger partial charge in [-0.15, -0.1) is 0 Å². The molecule has 0 N–H and O–H groups in total. The van der Waals surface area contributed by atoms with E-state index in [1.807, 2.05) is 0 Å². The zero-order valence-electron chi connectivity index (χ0n) is 15.2. The van der Waals surface area contributed by atoms with Gasteiger partial charge in [0.05, 0.1) is 0 Å². The Hall–Kier alpha value is 0.519. The van der Waals surface area contributed by atoms with Crippen molar-refractivity contribution in [3.63, 3.8) is 0 Å². The van der Waals surface area contributed by atoms with E-state index < -0.39 is 0 Å². The van der Waals surface area contributed by atoms with Gasteiger partial charge in [-0.05, 0) is 36.0 Å². The van der Waals surface area contributed by atoms with Crippen LogP contribution in [0.1, 0.15) is 86.0 Å². The molecule has 0 aromatic carbocycles. The molecule has 0 aliphatic heterocycles. The first-order chi connectivity index (χ1) is 7.91. The third kappa shape index (κ3) is 9.45. The Balaban J connectivity index is -0.000000252. The molecule has 0 nitrogen and oxygen atoms in total. The summed E-state index contributed by atoms with van der Waals surface area (Å²) >= 11 is 0. The summed E-state index contributed by atoms with van der Waals surface area (Å²) in [7, 11) is 0. The van der Waals surface area contributed by atoms with Crippen molar-refractivity contribution in [1.29, 1.82) is 0 Å². The molecule has 0 amide bonds. The van der Waals surface area contributed by atoms with Gasteiger partial charge in [0.25, 0.3) is 0 Å². The fourth-order valence-corrected chi connectivity index (χ4v) is 3.42. The van der Waals surface area contributed by atoms with E-state index in [4.69, 9.17) is 0 Å². The predicted molar refractivity (Wildman–Crippen MR) is 91.0 cm³/mol. The molecule has 0 aromatic heterocycles. The molecule has 0 radical (unpaired) electrons. The van der Waals surface area contributed by atoms with Crippen LogP contribution in [-0.2, 0) is 17.1 Å². The number of hydrogen-bond donors (Lipinski definition) is 0. The first-order valence-electron chi connectivity index (χ1n) is 7.91. The molecule has 0 aromatic rings. The summed E-state index contributed by atoms with van der Waals surface area (Å²) in [6, 6.07) is 0. The molecule has 20 heavy (non-hydrogen) atoms. The summed E-state index contributed by atoms with van der Waals surface area (Å²) in [6.07, 6.45) is 11.9. The molecular formula is C19H40Fe. The minimum absolute atomic E-state index is 0. The van der Waals surface area contributed by atoms with E-state index >= 15 is 0 Å². The van der Waals surface area contributed by atoms with Gasteiger partial charge >= 0.3 is 17.1 Å². The van der Waals surface area contributed by atoms with Gasteiger partial charge in [-0.25, -0.2) is 0 Å². The van der Waals surface area contributed by atoms with Crippen LogP contribution in [-0.4, -0.2) is 0 Å². The zero-order chi connectivity index (χ0) is 12.9. The minimum Gasteiger partial charge on any atom is -0.358 e. The third-order valence-corrected chi connectivity index (χ3v) is 4.92. The molecule has 2 fully saturated rings. The Morgan fingerprint density at radius 1 is 0.750 bits per heavy atom. The van der Waals surface area contributed by atoms with Gasteiger partial charge in [0.1, 0.15) is 0 Å². The van der Waals surface area contributed by atoms with Crippen LogP contribution in [0.15, 0.2) is 0 Å². The Kier molecular flexibility index (Phi) is 15.4. The molecule has 2 rings (SSSR count). The largest absolute Gasteiger partial charge is 2.00 e. The predicted octanol–water partition coefficient (Wildman–Crippen LogP) is 6.95. The van der Waals surface area contributed by atoms with E-state index in [9.17, 15) is 0 Å². The summed E-state index contributed by atoms with van der Waals surface area (Å²) in [5.74, 6) is 3.02. The molecule has 0 saturated heterocycles. The maximum absolute atomic E-state index is 2.36. The van der Waals surface area contributed by atoms with Gasteiger partial charge in [-0.3, -0.25) is 0 Å². The summed E-state index contributed by atoms with van der Waals surface area (Å²) in [5.41, 5.74) is 0.580. The Morgan fingerprint density at radius 3 is 1.30 bits per heavy atom. The van der Waals surface area contributed by atoms with Gasteiger partial charge in [0.15, 0.2) is 0 Å². The van der Waals surface area contributed by atoms with Gasteiger partial charge < -0.3 is 14.9 Å². The molecule has 0 heterocycles. The van der Waals surface area contributed by atoms with Gasteiger partial charge in [0.2, 0.25) is 0 Å². The Labute approximate surface area is 141 Å². The topological polar surface area (TPSA) is 0 Å². The van der Waals surface area contributed by atoms with E-state index in [-0.39, 0.29) is 31.9 Å². The standard InChI is InChI=1S/C9H18.C8H16.2CH3.Fe/c1-9(2,3)8-6-4-5-7-8;1-7(2)8-5-3-4-6-8;;;/h8H,4-7H2,1-3H3;7-8H,3-6H2,1-2H3;2*1H3;/q;;2*-1;+2. The van der Waals surface area contributed by atoms with Crippen molar-refractivity contribution in [2.45, 2.75) is 86.0 Å². The fourth-order valence-electron chi connectivity index (χ4n) is 3.42. The van der Waals surface area contributed by atoms with Crippen molar-refractivity contribution in [1.82, 2.24) is 0 Å². The summed E-state index contributed by atoms with van der Waals surface area (Å²) < 4.78 is 0. The van der Waals surface area contributed by atoms with Crippen LogP contribution in [0.5, 0.6) is 0 Å². The molecule has 0 bridgehead atoms. The van der Waals surface area contributed by atoms with Crippen LogP contribution in [0, 0.1) is 38.0 Å². The average Bonchev–Trinajstić information content (AvgIpc) is 2.92. The minimum atomic E-state index is 0. The molecule has 1 heteroatoms. The van der Waals surface area contributed by atoms with Crippen molar-refractivity contribution >= 4 is 0 Å². The van der Waals surface area contributed by atoms with Crippen LogP contribution in [0.2, 0.25) is 0 Å². The summed E-state index contributed by atoms with van der Waals surface area (Å²) in [6.45, 7) is 11.8. The van der Waals surface area contributed by atoms with Crippen LogP contribution >= 0.6 is 0 Å². The molecule has 0 unspecified atom stereocenters. The monoisotopic (exact) mass is 324 g/mol. The van der Waals surface area contributed by atoms with E-state index in [0.29, 0.717) is 5.41 Å². The van der Waals surface area contributed by atoms with Crippen molar-refractivity contribution in [3.8, 4) is 0 Å². The molecule has 2 aliphatic carbocycles. The van der Waals surface area contributed by atoms with Crippen LogP contribution in [0.25, 0.3) is 0 Å². The summed E-state index contributed by atoms with van der Waals surface area (Å²) in [4.78, 5) is 0. The quantitative estimate of drug-likeness (QED) is 0.361. The van der Waals surface area contributed by atoms with Gasteiger partial charge in [-0.1, -0.05) is 73.1 Å². The van der Waals surface area contributed by atoms with Crippen LogP contribution < -0.4 is 0 Å². The Morgan fingerprint density at radius 2 is 1.10 bits per heavy atom. The normalized spacial score (nSPS) is 19.5. The van der Waals surface area contributed by atoms with E-state index in [2.05, 4.69) is 34.6 Å².